The molecule has 0 radical (unpaired) electrons. The van der Waals surface area contributed by atoms with E-state index < -0.39 is 0 Å². The van der Waals surface area contributed by atoms with E-state index in [0.29, 0.717) is 0 Å². The van der Waals surface area contributed by atoms with E-state index in [1.165, 1.54) is 5.56 Å². The minimum atomic E-state index is 0.830. The zero-order valence-electron chi connectivity index (χ0n) is 14.6. The van der Waals surface area contributed by atoms with Crippen molar-refractivity contribution in [2.45, 2.75) is 12.8 Å². The number of rotatable bonds is 3. The van der Waals surface area contributed by atoms with Crippen LogP contribution in [-0.4, -0.2) is 14.5 Å². The minimum Gasteiger partial charge on any atom is -0.338 e. The molecule has 27 heavy (non-hydrogen) atoms. The third kappa shape index (κ3) is 2.84. The molecule has 4 aromatic rings. The minimum absolute atomic E-state index is 0.830. The molecule has 0 spiro atoms. The Morgan fingerprint density at radius 3 is 2.59 bits per heavy atom. The van der Waals surface area contributed by atoms with E-state index in [4.69, 9.17) is 4.98 Å². The van der Waals surface area contributed by atoms with Gasteiger partial charge in [0.15, 0.2) is 5.82 Å². The van der Waals surface area contributed by atoms with Gasteiger partial charge in [-0.2, -0.15) is 0 Å². The molecule has 1 aliphatic heterocycles. The van der Waals surface area contributed by atoms with Gasteiger partial charge in [0.1, 0.15) is 10.4 Å². The van der Waals surface area contributed by atoms with Crippen molar-refractivity contribution in [1.82, 2.24) is 14.5 Å². The van der Waals surface area contributed by atoms with Gasteiger partial charge < -0.3 is 5.32 Å². The van der Waals surface area contributed by atoms with Gasteiger partial charge in [0.05, 0.1) is 17.1 Å². The van der Waals surface area contributed by atoms with E-state index in [1.54, 1.807) is 6.20 Å². The van der Waals surface area contributed by atoms with E-state index in [9.17, 15) is 0 Å². The highest BCUT2D eigenvalue weighted by atomic mass is 79.9. The molecule has 4 nitrogen and oxygen atoms in total. The van der Waals surface area contributed by atoms with Gasteiger partial charge in [0, 0.05) is 11.8 Å². The fourth-order valence-corrected chi connectivity index (χ4v) is 4.15. The molecule has 0 saturated heterocycles. The quantitative estimate of drug-likeness (QED) is 0.419. The van der Waals surface area contributed by atoms with Crippen LogP contribution in [0.2, 0.25) is 0 Å². The maximum Gasteiger partial charge on any atom is 0.154 e. The summed E-state index contributed by atoms with van der Waals surface area (Å²) in [6, 6.07) is 22.8. The molecule has 5 heteroatoms. The first-order valence-electron chi connectivity index (χ1n) is 8.94. The second kappa shape index (κ2) is 6.67. The molecular formula is C22H17BrN4. The van der Waals surface area contributed by atoms with Gasteiger partial charge >= 0.3 is 0 Å². The lowest BCUT2D eigenvalue weighted by Gasteiger charge is -2.09. The molecule has 0 bridgehead atoms. The topological polar surface area (TPSA) is 42.7 Å². The third-order valence-electron chi connectivity index (χ3n) is 4.83. The summed E-state index contributed by atoms with van der Waals surface area (Å²) < 4.78 is 3.14. The fraction of sp³-hybridized carbons (Fsp3) is 0.0909. The van der Waals surface area contributed by atoms with Gasteiger partial charge in [0.25, 0.3) is 0 Å². The molecule has 0 atom stereocenters. The van der Waals surface area contributed by atoms with Crippen molar-refractivity contribution in [3.63, 3.8) is 0 Å². The van der Waals surface area contributed by atoms with Crippen molar-refractivity contribution in [3.05, 3.63) is 88.8 Å². The zero-order chi connectivity index (χ0) is 18.2. The second-order valence-electron chi connectivity index (χ2n) is 6.54. The summed E-state index contributed by atoms with van der Waals surface area (Å²) >= 11 is 3.81. The Kier molecular flexibility index (Phi) is 4.02. The number of aryl methyl sites for hydroxylation is 2. The molecule has 1 aliphatic rings. The molecule has 3 heterocycles. The summed E-state index contributed by atoms with van der Waals surface area (Å²) in [4.78, 5) is 9.55. The first-order chi connectivity index (χ1) is 13.3. The first-order valence-corrected chi connectivity index (χ1v) is 9.73. The molecule has 2 aromatic heterocycles. The summed E-state index contributed by atoms with van der Waals surface area (Å²) in [6.07, 6.45) is 3.63. The maximum atomic E-state index is 5.01. The van der Waals surface area contributed by atoms with Crippen molar-refractivity contribution in [3.8, 4) is 17.1 Å². The second-order valence-corrected chi connectivity index (χ2v) is 7.29. The molecule has 132 valence electrons. The first kappa shape index (κ1) is 16.3. The van der Waals surface area contributed by atoms with E-state index in [1.807, 2.05) is 24.3 Å². The smallest absolute Gasteiger partial charge is 0.154 e. The molecule has 0 unspecified atom stereocenters. The molecule has 0 saturated carbocycles. The molecular weight excluding hydrogens is 400 g/mol. The van der Waals surface area contributed by atoms with Gasteiger partial charge in [-0.15, -0.1) is 0 Å². The molecule has 5 rings (SSSR count). The SMILES string of the molecule is Brc1c(CCc2ccccc2)nc2n1-c1cccnc1Nc1ccccc1-2. The number of nitrogens with one attached hydrogen (secondary N) is 1. The van der Waals surface area contributed by atoms with Crippen molar-refractivity contribution in [2.75, 3.05) is 5.32 Å². The maximum absolute atomic E-state index is 5.01. The average molecular weight is 417 g/mol. The number of hydrogen-bond acceptors (Lipinski definition) is 3. The predicted octanol–water partition coefficient (Wildman–Crippen LogP) is 5.54. The van der Waals surface area contributed by atoms with E-state index in [2.05, 4.69) is 73.3 Å². The lowest BCUT2D eigenvalue weighted by molar-refractivity contribution is 0.915. The number of aromatic nitrogens is 3. The summed E-state index contributed by atoms with van der Waals surface area (Å²) in [7, 11) is 0. The monoisotopic (exact) mass is 416 g/mol. The van der Waals surface area contributed by atoms with Gasteiger partial charge in [-0.3, -0.25) is 4.57 Å². The predicted molar refractivity (Wildman–Crippen MR) is 112 cm³/mol. The van der Waals surface area contributed by atoms with Crippen LogP contribution in [0.3, 0.4) is 0 Å². The highest BCUT2D eigenvalue weighted by Crippen LogP contribution is 2.40. The third-order valence-corrected chi connectivity index (χ3v) is 5.64. The highest BCUT2D eigenvalue weighted by molar-refractivity contribution is 9.10. The zero-order valence-corrected chi connectivity index (χ0v) is 16.1. The van der Waals surface area contributed by atoms with Crippen LogP contribution in [0, 0.1) is 0 Å². The molecule has 1 N–H and O–H groups in total. The number of imidazole rings is 1. The van der Waals surface area contributed by atoms with Crippen LogP contribution >= 0.6 is 15.9 Å². The normalized spacial score (nSPS) is 11.7. The van der Waals surface area contributed by atoms with Crippen LogP contribution in [-0.2, 0) is 12.8 Å². The molecule has 0 amide bonds. The average Bonchev–Trinajstić information content (AvgIpc) is 2.96. The number of fused-ring (bicyclic) bond motifs is 5. The van der Waals surface area contributed by atoms with Gasteiger partial charge in [-0.25, -0.2) is 9.97 Å². The Balaban J connectivity index is 1.64. The highest BCUT2D eigenvalue weighted by Gasteiger charge is 2.24. The van der Waals surface area contributed by atoms with E-state index in [-0.39, 0.29) is 0 Å². The van der Waals surface area contributed by atoms with E-state index >= 15 is 0 Å². The largest absolute Gasteiger partial charge is 0.338 e. The van der Waals surface area contributed by atoms with Crippen molar-refractivity contribution in [2.24, 2.45) is 0 Å². The molecule has 0 fully saturated rings. The summed E-state index contributed by atoms with van der Waals surface area (Å²) in [6.45, 7) is 0. The van der Waals surface area contributed by atoms with Crippen LogP contribution in [0.1, 0.15) is 11.3 Å². The van der Waals surface area contributed by atoms with Crippen molar-refractivity contribution in [1.29, 1.82) is 0 Å². The summed E-state index contributed by atoms with van der Waals surface area (Å²) in [5, 5.41) is 3.45. The van der Waals surface area contributed by atoms with Crippen LogP contribution in [0.25, 0.3) is 17.1 Å². The Hall–Kier alpha value is -2.92. The number of pyridine rings is 1. The Labute approximate surface area is 166 Å². The number of hydrogen-bond donors (Lipinski definition) is 1. The number of nitrogens with zero attached hydrogens (tertiary/aromatic N) is 3. The fourth-order valence-electron chi connectivity index (χ4n) is 3.50. The standard InChI is InChI=1S/C22H17BrN4/c23-20-18(13-12-15-7-2-1-3-8-15)26-22-16-9-4-5-10-17(16)25-21-19(27(20)22)11-6-14-24-21/h1-11,14H,12-13H2,(H,24,25). The number of para-hydroxylation sites is 1. The van der Waals surface area contributed by atoms with Gasteiger partial charge in [-0.05, 0) is 58.6 Å². The Bertz CT molecular complexity index is 1120. The van der Waals surface area contributed by atoms with Crippen LogP contribution in [0.5, 0.6) is 0 Å². The Morgan fingerprint density at radius 1 is 0.889 bits per heavy atom. The number of anilines is 2. The lowest BCUT2D eigenvalue weighted by atomic mass is 10.1. The number of halogens is 1. The van der Waals surface area contributed by atoms with Gasteiger partial charge in [0.2, 0.25) is 0 Å². The van der Waals surface area contributed by atoms with Crippen LogP contribution in [0.15, 0.2) is 77.5 Å². The van der Waals surface area contributed by atoms with E-state index in [0.717, 1.165) is 51.7 Å². The number of benzene rings is 2. The Morgan fingerprint density at radius 2 is 1.70 bits per heavy atom. The van der Waals surface area contributed by atoms with Crippen LogP contribution < -0.4 is 5.32 Å². The van der Waals surface area contributed by atoms with Crippen molar-refractivity contribution >= 4 is 27.4 Å². The molecule has 2 aromatic carbocycles. The summed E-state index contributed by atoms with van der Waals surface area (Å²) in [5.41, 5.74) is 5.46. The lowest BCUT2D eigenvalue weighted by Crippen LogP contribution is -2.00. The van der Waals surface area contributed by atoms with Crippen LogP contribution in [0.4, 0.5) is 11.5 Å². The van der Waals surface area contributed by atoms with Crippen molar-refractivity contribution < 1.29 is 0 Å². The summed E-state index contributed by atoms with van der Waals surface area (Å²) in [5.74, 6) is 1.76. The molecule has 0 aliphatic carbocycles. The van der Waals surface area contributed by atoms with Gasteiger partial charge in [-0.1, -0.05) is 42.5 Å².